The largest absolute Gasteiger partial charge is 0.329 e. The molecule has 0 unspecified atom stereocenters. The second-order valence-electron chi connectivity index (χ2n) is 3.60. The van der Waals surface area contributed by atoms with Crippen molar-refractivity contribution in [2.45, 2.75) is 5.92 Å². The maximum Gasteiger partial charge on any atom is 0.285 e. The van der Waals surface area contributed by atoms with Crippen LogP contribution in [-0.2, 0) is 5.92 Å². The Labute approximate surface area is 88.7 Å². The minimum Gasteiger partial charge on any atom is -0.329 e. The maximum atomic E-state index is 13.6. The molecule has 0 saturated carbocycles. The van der Waals surface area contributed by atoms with Crippen molar-refractivity contribution in [2.24, 2.45) is 5.73 Å². The first-order valence-electron chi connectivity index (χ1n) is 4.88. The number of alkyl halides is 2. The summed E-state index contributed by atoms with van der Waals surface area (Å²) in [7, 11) is 1.64. The fraction of sp³-hybridized carbons (Fsp3) is 0.455. The third kappa shape index (κ3) is 3.57. The summed E-state index contributed by atoms with van der Waals surface area (Å²) >= 11 is 0. The Bertz CT molecular complexity index is 288. The number of benzene rings is 1. The topological polar surface area (TPSA) is 29.3 Å². The standard InChI is InChI=1S/C11H16F2N2/c1-15(8-7-14)9-11(12,13)10-5-3-2-4-6-10/h2-6H,7-9,14H2,1H3. The number of nitrogens with zero attached hydrogens (tertiary/aromatic N) is 1. The van der Waals surface area contributed by atoms with E-state index in [1.165, 1.54) is 17.0 Å². The number of rotatable bonds is 5. The summed E-state index contributed by atoms with van der Waals surface area (Å²) < 4.78 is 27.3. The van der Waals surface area contributed by atoms with E-state index in [2.05, 4.69) is 0 Å². The molecule has 0 amide bonds. The predicted molar refractivity (Wildman–Crippen MR) is 56.9 cm³/mol. The highest BCUT2D eigenvalue weighted by Crippen LogP contribution is 2.28. The van der Waals surface area contributed by atoms with Crippen molar-refractivity contribution in [3.8, 4) is 0 Å². The van der Waals surface area contributed by atoms with Gasteiger partial charge in [0.2, 0.25) is 0 Å². The van der Waals surface area contributed by atoms with Crippen LogP contribution in [0.2, 0.25) is 0 Å². The van der Waals surface area contributed by atoms with Gasteiger partial charge in [-0.2, -0.15) is 8.78 Å². The first-order chi connectivity index (χ1) is 7.06. The first-order valence-corrected chi connectivity index (χ1v) is 4.88. The number of likely N-dealkylation sites (N-methyl/N-ethyl adjacent to an activating group) is 1. The fourth-order valence-electron chi connectivity index (χ4n) is 1.41. The normalized spacial score (nSPS) is 12.1. The van der Waals surface area contributed by atoms with Crippen LogP contribution in [0.1, 0.15) is 5.56 Å². The van der Waals surface area contributed by atoms with Crippen molar-refractivity contribution in [3.63, 3.8) is 0 Å². The lowest BCUT2D eigenvalue weighted by atomic mass is 10.1. The minimum atomic E-state index is -2.81. The summed E-state index contributed by atoms with van der Waals surface area (Å²) in [6.07, 6.45) is 0. The van der Waals surface area contributed by atoms with Crippen LogP contribution >= 0.6 is 0 Å². The molecule has 0 spiro atoms. The van der Waals surface area contributed by atoms with Gasteiger partial charge in [0.1, 0.15) is 0 Å². The molecule has 1 aromatic rings. The molecule has 1 rings (SSSR count). The van der Waals surface area contributed by atoms with Crippen molar-refractivity contribution < 1.29 is 8.78 Å². The SMILES string of the molecule is CN(CCN)CC(F)(F)c1ccccc1. The Morgan fingerprint density at radius 2 is 1.87 bits per heavy atom. The number of halogens is 2. The van der Waals surface area contributed by atoms with Gasteiger partial charge in [0.15, 0.2) is 0 Å². The Kier molecular flexibility index (Phi) is 4.17. The van der Waals surface area contributed by atoms with Gasteiger partial charge in [-0.3, -0.25) is 4.90 Å². The van der Waals surface area contributed by atoms with E-state index >= 15 is 0 Å². The lowest BCUT2D eigenvalue weighted by Gasteiger charge is -2.23. The Morgan fingerprint density at radius 3 is 2.40 bits per heavy atom. The third-order valence-corrected chi connectivity index (χ3v) is 2.18. The zero-order valence-corrected chi connectivity index (χ0v) is 8.79. The zero-order chi connectivity index (χ0) is 11.3. The third-order valence-electron chi connectivity index (χ3n) is 2.18. The molecule has 0 aromatic heterocycles. The molecule has 0 bridgehead atoms. The van der Waals surface area contributed by atoms with Gasteiger partial charge in [-0.05, 0) is 7.05 Å². The van der Waals surface area contributed by atoms with Crippen LogP contribution < -0.4 is 5.73 Å². The zero-order valence-electron chi connectivity index (χ0n) is 8.79. The predicted octanol–water partition coefficient (Wildman–Crippen LogP) is 1.67. The molecule has 0 fully saturated rings. The first kappa shape index (κ1) is 12.1. The summed E-state index contributed by atoms with van der Waals surface area (Å²) in [6, 6.07) is 7.84. The molecule has 2 N–H and O–H groups in total. The molecule has 0 heterocycles. The van der Waals surface area contributed by atoms with Crippen molar-refractivity contribution >= 4 is 0 Å². The van der Waals surface area contributed by atoms with Crippen LogP contribution in [0.5, 0.6) is 0 Å². The van der Waals surface area contributed by atoms with Gasteiger partial charge in [-0.25, -0.2) is 0 Å². The highest BCUT2D eigenvalue weighted by Gasteiger charge is 2.32. The van der Waals surface area contributed by atoms with Gasteiger partial charge in [0.25, 0.3) is 5.92 Å². The van der Waals surface area contributed by atoms with Crippen LogP contribution in [0.15, 0.2) is 30.3 Å². The van der Waals surface area contributed by atoms with Crippen LogP contribution in [0.4, 0.5) is 8.78 Å². The minimum absolute atomic E-state index is 0.0499. The molecule has 2 nitrogen and oxygen atoms in total. The summed E-state index contributed by atoms with van der Waals surface area (Å²) in [5.74, 6) is -2.81. The van der Waals surface area contributed by atoms with E-state index in [0.717, 1.165) is 0 Å². The van der Waals surface area contributed by atoms with Crippen LogP contribution in [0.3, 0.4) is 0 Å². The molecular weight excluding hydrogens is 198 g/mol. The van der Waals surface area contributed by atoms with Crippen molar-refractivity contribution in [3.05, 3.63) is 35.9 Å². The fourth-order valence-corrected chi connectivity index (χ4v) is 1.41. The second kappa shape index (κ2) is 5.19. The van der Waals surface area contributed by atoms with Crippen molar-refractivity contribution in [2.75, 3.05) is 26.7 Å². The van der Waals surface area contributed by atoms with Crippen LogP contribution in [-0.4, -0.2) is 31.6 Å². The van der Waals surface area contributed by atoms with Gasteiger partial charge in [-0.15, -0.1) is 0 Å². The molecule has 0 atom stereocenters. The molecule has 0 saturated heterocycles. The Hall–Kier alpha value is -1.00. The summed E-state index contributed by atoms with van der Waals surface area (Å²) in [5, 5.41) is 0. The summed E-state index contributed by atoms with van der Waals surface area (Å²) in [4.78, 5) is 1.53. The van der Waals surface area contributed by atoms with Gasteiger partial charge >= 0.3 is 0 Å². The van der Waals surface area contributed by atoms with Gasteiger partial charge in [0.05, 0.1) is 6.54 Å². The van der Waals surface area contributed by atoms with E-state index < -0.39 is 5.92 Å². The smallest absolute Gasteiger partial charge is 0.285 e. The average molecular weight is 214 g/mol. The molecule has 0 aliphatic carbocycles. The Balaban J connectivity index is 2.67. The van der Waals surface area contributed by atoms with Crippen LogP contribution in [0.25, 0.3) is 0 Å². The lowest BCUT2D eigenvalue weighted by molar-refractivity contribution is -0.0314. The quantitative estimate of drug-likeness (QED) is 0.807. The van der Waals surface area contributed by atoms with Gasteiger partial charge in [-0.1, -0.05) is 30.3 Å². The van der Waals surface area contributed by atoms with Crippen LogP contribution in [0, 0.1) is 0 Å². The lowest BCUT2D eigenvalue weighted by Crippen LogP contribution is -2.35. The monoisotopic (exact) mass is 214 g/mol. The van der Waals surface area contributed by atoms with E-state index in [-0.39, 0.29) is 12.1 Å². The Morgan fingerprint density at radius 1 is 1.27 bits per heavy atom. The summed E-state index contributed by atoms with van der Waals surface area (Å²) in [6.45, 7) is 0.567. The molecule has 4 heteroatoms. The van der Waals surface area contributed by atoms with Crippen molar-refractivity contribution in [1.82, 2.24) is 4.90 Å². The highest BCUT2D eigenvalue weighted by atomic mass is 19.3. The molecule has 0 aliphatic heterocycles. The number of nitrogens with two attached hydrogens (primary N) is 1. The highest BCUT2D eigenvalue weighted by molar-refractivity contribution is 5.20. The molecule has 1 aromatic carbocycles. The number of hydrogen-bond acceptors (Lipinski definition) is 2. The van der Waals surface area contributed by atoms with Gasteiger partial charge in [0, 0.05) is 18.7 Å². The van der Waals surface area contributed by atoms with E-state index in [1.54, 1.807) is 25.2 Å². The van der Waals surface area contributed by atoms with Crippen molar-refractivity contribution in [1.29, 1.82) is 0 Å². The van der Waals surface area contributed by atoms with E-state index in [9.17, 15) is 8.78 Å². The van der Waals surface area contributed by atoms with E-state index in [1.807, 2.05) is 0 Å². The molecule has 0 aliphatic rings. The average Bonchev–Trinajstić information content (AvgIpc) is 2.18. The molecular formula is C11H16F2N2. The van der Waals surface area contributed by atoms with Gasteiger partial charge < -0.3 is 5.73 Å². The molecule has 84 valence electrons. The molecule has 0 radical (unpaired) electrons. The second-order valence-corrected chi connectivity index (χ2v) is 3.60. The van der Waals surface area contributed by atoms with E-state index in [4.69, 9.17) is 5.73 Å². The van der Waals surface area contributed by atoms with E-state index in [0.29, 0.717) is 13.1 Å². The number of hydrogen-bond donors (Lipinski definition) is 1. The summed E-state index contributed by atoms with van der Waals surface area (Å²) in [5.41, 5.74) is 5.35. The molecule has 15 heavy (non-hydrogen) atoms. The maximum absolute atomic E-state index is 13.6.